The summed E-state index contributed by atoms with van der Waals surface area (Å²) in [6.07, 6.45) is -2.46. The first-order chi connectivity index (χ1) is 14.7. The third kappa shape index (κ3) is 4.32. The lowest BCUT2D eigenvalue weighted by Gasteiger charge is -2.43. The summed E-state index contributed by atoms with van der Waals surface area (Å²) in [7, 11) is 3.33. The Morgan fingerprint density at radius 2 is 1.90 bits per heavy atom. The fraction of sp³-hybridized carbons (Fsp3) is 0.421. The zero-order chi connectivity index (χ0) is 22.9. The molecular formula is C19H22F3N5O4. The summed E-state index contributed by atoms with van der Waals surface area (Å²) in [5.41, 5.74) is -0.107. The Labute approximate surface area is 175 Å². The highest BCUT2D eigenvalue weighted by Gasteiger charge is 2.48. The maximum atomic E-state index is 13.6. The monoisotopic (exact) mass is 441 g/mol. The standard InChI is InChI=1S/C19H22F3N5O4/c1-4-23-19(26(2)3)18-17(30)15(16(29)13(8-28)31-18)27-7-12(24-25-27)9-5-10(20)14(22)11(21)6-9/h4-7,13,15-18,28-30H,1,8H2,2-3H3/b23-19-/t13-,15+,16+,17-,18-/m1/s1. The molecule has 0 saturated carbocycles. The van der Waals surface area contributed by atoms with E-state index in [4.69, 9.17) is 4.74 Å². The number of rotatable bonds is 5. The molecular weight excluding hydrogens is 419 g/mol. The zero-order valence-electron chi connectivity index (χ0n) is 16.7. The summed E-state index contributed by atoms with van der Waals surface area (Å²) in [5, 5.41) is 38.9. The second-order valence-corrected chi connectivity index (χ2v) is 7.15. The average Bonchev–Trinajstić information content (AvgIpc) is 3.20. The SMILES string of the molecule is C=C/N=C(/[C@@H]1O[C@H](CO)[C@H](O)[C@H](n2cc(-c3cc(F)c(F)c(F)c3)nn2)[C@H]1O)N(C)C. The summed E-state index contributed by atoms with van der Waals surface area (Å²) in [6, 6.07) is 0.357. The smallest absolute Gasteiger partial charge is 0.194 e. The number of aliphatic imine (C=N–C) groups is 1. The minimum atomic E-state index is -1.61. The van der Waals surface area contributed by atoms with E-state index in [2.05, 4.69) is 21.9 Å². The summed E-state index contributed by atoms with van der Waals surface area (Å²) in [4.78, 5) is 5.67. The van der Waals surface area contributed by atoms with E-state index in [0.29, 0.717) is 0 Å². The van der Waals surface area contributed by atoms with Crippen LogP contribution in [-0.2, 0) is 4.74 Å². The fourth-order valence-electron chi connectivity index (χ4n) is 3.42. The molecule has 0 bridgehead atoms. The van der Waals surface area contributed by atoms with Crippen molar-refractivity contribution in [3.05, 3.63) is 48.6 Å². The minimum Gasteiger partial charge on any atom is -0.394 e. The van der Waals surface area contributed by atoms with Crippen molar-refractivity contribution in [2.75, 3.05) is 20.7 Å². The van der Waals surface area contributed by atoms with Crippen LogP contribution in [0.15, 0.2) is 36.1 Å². The van der Waals surface area contributed by atoms with Gasteiger partial charge in [0.1, 0.15) is 42.0 Å². The summed E-state index contributed by atoms with van der Waals surface area (Å²) >= 11 is 0. The summed E-state index contributed by atoms with van der Waals surface area (Å²) in [6.45, 7) is 2.96. The highest BCUT2D eigenvalue weighted by atomic mass is 19.2. The van der Waals surface area contributed by atoms with E-state index in [9.17, 15) is 28.5 Å². The van der Waals surface area contributed by atoms with Crippen LogP contribution < -0.4 is 0 Å². The quantitative estimate of drug-likeness (QED) is 0.351. The predicted molar refractivity (Wildman–Crippen MR) is 103 cm³/mol. The molecule has 3 N–H and O–H groups in total. The van der Waals surface area contributed by atoms with Gasteiger partial charge in [-0.15, -0.1) is 5.10 Å². The number of amidine groups is 1. The molecule has 5 atom stereocenters. The van der Waals surface area contributed by atoms with E-state index >= 15 is 0 Å². The van der Waals surface area contributed by atoms with Gasteiger partial charge in [0, 0.05) is 25.9 Å². The van der Waals surface area contributed by atoms with Crippen molar-refractivity contribution < 1.29 is 33.2 Å². The Hall–Kier alpha value is -2.80. The van der Waals surface area contributed by atoms with E-state index in [1.165, 1.54) is 12.4 Å². The van der Waals surface area contributed by atoms with Crippen LogP contribution in [0.1, 0.15) is 6.04 Å². The highest BCUT2D eigenvalue weighted by molar-refractivity contribution is 5.87. The van der Waals surface area contributed by atoms with E-state index in [-0.39, 0.29) is 17.1 Å². The van der Waals surface area contributed by atoms with Gasteiger partial charge >= 0.3 is 0 Å². The summed E-state index contributed by atoms with van der Waals surface area (Å²) < 4.78 is 47.1. The third-order valence-corrected chi connectivity index (χ3v) is 4.92. The van der Waals surface area contributed by atoms with Crippen molar-refractivity contribution in [3.8, 4) is 11.3 Å². The van der Waals surface area contributed by atoms with Crippen molar-refractivity contribution >= 4 is 5.84 Å². The van der Waals surface area contributed by atoms with E-state index in [1.54, 1.807) is 19.0 Å². The Bertz CT molecular complexity index is 960. The van der Waals surface area contributed by atoms with Gasteiger partial charge in [0.05, 0.1) is 12.8 Å². The van der Waals surface area contributed by atoms with Crippen LogP contribution in [-0.4, -0.2) is 86.2 Å². The van der Waals surface area contributed by atoms with Crippen molar-refractivity contribution in [3.63, 3.8) is 0 Å². The molecule has 12 heteroatoms. The van der Waals surface area contributed by atoms with Gasteiger partial charge in [-0.1, -0.05) is 11.8 Å². The maximum absolute atomic E-state index is 13.6. The molecule has 31 heavy (non-hydrogen) atoms. The molecule has 168 valence electrons. The minimum absolute atomic E-state index is 0.0200. The Balaban J connectivity index is 2.00. The lowest BCUT2D eigenvalue weighted by atomic mass is 9.91. The van der Waals surface area contributed by atoms with Crippen LogP contribution in [0.5, 0.6) is 0 Å². The zero-order valence-corrected chi connectivity index (χ0v) is 16.7. The normalized spacial score (nSPS) is 26.7. The summed E-state index contributed by atoms with van der Waals surface area (Å²) in [5.74, 6) is -4.13. The molecule has 0 amide bonds. The molecule has 1 aromatic heterocycles. The number of aliphatic hydroxyl groups is 3. The lowest BCUT2D eigenvalue weighted by Crippen LogP contribution is -2.60. The Kier molecular flexibility index (Phi) is 6.74. The molecule has 0 unspecified atom stereocenters. The molecule has 3 rings (SSSR count). The number of hydrogen-bond acceptors (Lipinski definition) is 7. The molecule has 0 spiro atoms. The largest absolute Gasteiger partial charge is 0.394 e. The fourth-order valence-corrected chi connectivity index (χ4v) is 3.42. The van der Waals surface area contributed by atoms with Gasteiger partial charge in [0.2, 0.25) is 0 Å². The Morgan fingerprint density at radius 3 is 2.45 bits per heavy atom. The molecule has 1 fully saturated rings. The first-order valence-corrected chi connectivity index (χ1v) is 9.24. The van der Waals surface area contributed by atoms with Gasteiger partial charge in [-0.3, -0.25) is 0 Å². The molecule has 1 aliphatic heterocycles. The van der Waals surface area contributed by atoms with E-state index < -0.39 is 54.5 Å². The highest BCUT2D eigenvalue weighted by Crippen LogP contribution is 2.32. The number of ether oxygens (including phenoxy) is 1. The molecule has 1 aromatic carbocycles. The van der Waals surface area contributed by atoms with Crippen LogP contribution in [0.3, 0.4) is 0 Å². The number of halogens is 3. The first kappa shape index (κ1) is 22.9. The Morgan fingerprint density at radius 1 is 1.26 bits per heavy atom. The second-order valence-electron chi connectivity index (χ2n) is 7.15. The van der Waals surface area contributed by atoms with Gasteiger partial charge in [-0.2, -0.15) is 0 Å². The second kappa shape index (κ2) is 9.14. The van der Waals surface area contributed by atoms with Crippen molar-refractivity contribution in [2.45, 2.75) is 30.5 Å². The predicted octanol–water partition coefficient (Wildman–Crippen LogP) is 0.489. The van der Waals surface area contributed by atoms with Gasteiger partial charge in [0.25, 0.3) is 0 Å². The average molecular weight is 441 g/mol. The molecule has 0 aliphatic carbocycles. The van der Waals surface area contributed by atoms with E-state index in [1.807, 2.05) is 0 Å². The van der Waals surface area contributed by atoms with Crippen LogP contribution in [0.4, 0.5) is 13.2 Å². The van der Waals surface area contributed by atoms with Crippen LogP contribution >= 0.6 is 0 Å². The number of benzene rings is 1. The topological polar surface area (TPSA) is 116 Å². The van der Waals surface area contributed by atoms with Crippen LogP contribution in [0.25, 0.3) is 11.3 Å². The number of aliphatic hydroxyl groups excluding tert-OH is 3. The molecule has 2 aromatic rings. The first-order valence-electron chi connectivity index (χ1n) is 9.24. The molecule has 1 aliphatic rings. The van der Waals surface area contributed by atoms with E-state index in [0.717, 1.165) is 16.8 Å². The van der Waals surface area contributed by atoms with Gasteiger partial charge in [-0.05, 0) is 12.1 Å². The van der Waals surface area contributed by atoms with Crippen molar-refractivity contribution in [1.82, 2.24) is 19.9 Å². The third-order valence-electron chi connectivity index (χ3n) is 4.92. The number of aromatic nitrogens is 3. The van der Waals surface area contributed by atoms with Gasteiger partial charge in [0.15, 0.2) is 17.5 Å². The van der Waals surface area contributed by atoms with Crippen LogP contribution in [0.2, 0.25) is 0 Å². The number of likely N-dealkylation sites (N-methyl/N-ethyl adjacent to an activating group) is 1. The van der Waals surface area contributed by atoms with Crippen molar-refractivity contribution in [1.29, 1.82) is 0 Å². The van der Waals surface area contributed by atoms with Gasteiger partial charge in [-0.25, -0.2) is 22.8 Å². The maximum Gasteiger partial charge on any atom is 0.194 e. The number of hydrogen-bond donors (Lipinski definition) is 3. The number of nitrogens with zero attached hydrogens (tertiary/aromatic N) is 5. The molecule has 9 nitrogen and oxygen atoms in total. The lowest BCUT2D eigenvalue weighted by molar-refractivity contribution is -0.187. The van der Waals surface area contributed by atoms with Gasteiger partial charge < -0.3 is 25.0 Å². The van der Waals surface area contributed by atoms with Crippen molar-refractivity contribution in [2.24, 2.45) is 4.99 Å². The molecule has 2 heterocycles. The molecule has 0 radical (unpaired) electrons. The molecule has 1 saturated heterocycles. The van der Waals surface area contributed by atoms with Crippen LogP contribution in [0, 0.1) is 17.5 Å².